The molecule has 3 heteroatoms. The Bertz CT molecular complexity index is 340. The molecule has 0 unspecified atom stereocenters. The van der Waals surface area contributed by atoms with Gasteiger partial charge in [-0.3, -0.25) is 0 Å². The zero-order chi connectivity index (χ0) is 15.3. The first-order chi connectivity index (χ1) is 10.3. The van der Waals surface area contributed by atoms with Crippen LogP contribution in [0.25, 0.3) is 0 Å². The number of hydrogen-bond donors (Lipinski definition) is 0. The normalized spacial score (nSPS) is 11.0. The average Bonchev–Trinajstić information content (AvgIpc) is 2.54. The highest BCUT2D eigenvalue weighted by molar-refractivity contribution is 5.37. The standard InChI is InChI=1S/C18H33N3/c1-4-6-7-8-9-12-15-21(17-16-20(3)5-2)18-13-10-11-14-19-18/h10-11,13-14H,4-9,12,15-17H2,1-3H3. The third kappa shape index (κ3) is 8.05. The molecule has 0 aliphatic heterocycles. The maximum absolute atomic E-state index is 4.52. The lowest BCUT2D eigenvalue weighted by Crippen LogP contribution is -2.34. The largest absolute Gasteiger partial charge is 0.355 e. The molecule has 0 aliphatic carbocycles. The second-order valence-corrected chi connectivity index (χ2v) is 5.84. The number of aromatic nitrogens is 1. The van der Waals surface area contributed by atoms with Gasteiger partial charge in [-0.2, -0.15) is 0 Å². The molecule has 0 saturated carbocycles. The lowest BCUT2D eigenvalue weighted by atomic mass is 10.1. The van der Waals surface area contributed by atoms with Crippen molar-refractivity contribution in [3.05, 3.63) is 24.4 Å². The monoisotopic (exact) mass is 291 g/mol. The Morgan fingerprint density at radius 2 is 1.67 bits per heavy atom. The number of rotatable bonds is 12. The molecule has 21 heavy (non-hydrogen) atoms. The molecule has 0 atom stereocenters. The Kier molecular flexibility index (Phi) is 9.88. The van der Waals surface area contributed by atoms with E-state index >= 15 is 0 Å². The number of pyridine rings is 1. The van der Waals surface area contributed by atoms with Gasteiger partial charge in [0.15, 0.2) is 0 Å². The molecule has 1 heterocycles. The number of unbranched alkanes of at least 4 members (excludes halogenated alkanes) is 5. The van der Waals surface area contributed by atoms with E-state index in [-0.39, 0.29) is 0 Å². The molecule has 0 saturated heterocycles. The maximum atomic E-state index is 4.52. The third-order valence-corrected chi connectivity index (χ3v) is 4.05. The molecule has 0 radical (unpaired) electrons. The lowest BCUT2D eigenvalue weighted by Gasteiger charge is -2.26. The fourth-order valence-electron chi connectivity index (χ4n) is 2.41. The smallest absolute Gasteiger partial charge is 0.128 e. The summed E-state index contributed by atoms with van der Waals surface area (Å²) in [4.78, 5) is 9.31. The molecular formula is C18H33N3. The van der Waals surface area contributed by atoms with Crippen LogP contribution in [-0.2, 0) is 0 Å². The number of likely N-dealkylation sites (N-methyl/N-ethyl adjacent to an activating group) is 1. The summed E-state index contributed by atoms with van der Waals surface area (Å²) >= 11 is 0. The topological polar surface area (TPSA) is 19.4 Å². The van der Waals surface area contributed by atoms with Crippen LogP contribution in [0.4, 0.5) is 5.82 Å². The van der Waals surface area contributed by atoms with Crippen LogP contribution in [-0.4, -0.2) is 43.1 Å². The summed E-state index contributed by atoms with van der Waals surface area (Å²) in [5.41, 5.74) is 0. The molecule has 0 bridgehead atoms. The van der Waals surface area contributed by atoms with Crippen molar-refractivity contribution in [1.82, 2.24) is 9.88 Å². The fourth-order valence-corrected chi connectivity index (χ4v) is 2.41. The van der Waals surface area contributed by atoms with Crippen LogP contribution in [0.3, 0.4) is 0 Å². The Balaban J connectivity index is 2.37. The van der Waals surface area contributed by atoms with Crippen molar-refractivity contribution < 1.29 is 0 Å². The summed E-state index contributed by atoms with van der Waals surface area (Å²) in [6, 6.07) is 6.20. The summed E-state index contributed by atoms with van der Waals surface area (Å²) < 4.78 is 0. The van der Waals surface area contributed by atoms with Crippen molar-refractivity contribution in [2.45, 2.75) is 52.4 Å². The Hall–Kier alpha value is -1.09. The Labute approximate surface area is 131 Å². The SMILES string of the molecule is CCCCCCCCN(CCN(C)CC)c1ccccn1. The van der Waals surface area contributed by atoms with Crippen LogP contribution in [0.2, 0.25) is 0 Å². The van der Waals surface area contributed by atoms with E-state index in [9.17, 15) is 0 Å². The predicted octanol–water partition coefficient (Wildman–Crippen LogP) is 4.20. The van der Waals surface area contributed by atoms with Gasteiger partial charge in [0.25, 0.3) is 0 Å². The van der Waals surface area contributed by atoms with Crippen molar-refractivity contribution in [1.29, 1.82) is 0 Å². The minimum Gasteiger partial charge on any atom is -0.355 e. The van der Waals surface area contributed by atoms with E-state index in [1.54, 1.807) is 0 Å². The van der Waals surface area contributed by atoms with Gasteiger partial charge < -0.3 is 9.80 Å². The van der Waals surface area contributed by atoms with Gasteiger partial charge in [-0.05, 0) is 32.1 Å². The molecule has 0 spiro atoms. The summed E-state index contributed by atoms with van der Waals surface area (Å²) in [6.07, 6.45) is 9.97. The maximum Gasteiger partial charge on any atom is 0.128 e. The van der Waals surface area contributed by atoms with Gasteiger partial charge >= 0.3 is 0 Å². The summed E-state index contributed by atoms with van der Waals surface area (Å²) in [5, 5.41) is 0. The highest BCUT2D eigenvalue weighted by atomic mass is 15.2. The molecule has 0 amide bonds. The molecule has 1 rings (SSSR count). The highest BCUT2D eigenvalue weighted by Gasteiger charge is 2.08. The first-order valence-corrected chi connectivity index (χ1v) is 8.62. The van der Waals surface area contributed by atoms with Crippen molar-refractivity contribution in [3.8, 4) is 0 Å². The summed E-state index contributed by atoms with van der Waals surface area (Å²) in [6.45, 7) is 8.87. The van der Waals surface area contributed by atoms with Gasteiger partial charge in [0, 0.05) is 25.8 Å². The molecule has 0 aromatic carbocycles. The minimum atomic E-state index is 1.07. The summed E-state index contributed by atoms with van der Waals surface area (Å²) in [7, 11) is 2.18. The van der Waals surface area contributed by atoms with Crippen LogP contribution in [0.15, 0.2) is 24.4 Å². The minimum absolute atomic E-state index is 1.07. The second-order valence-electron chi connectivity index (χ2n) is 5.84. The summed E-state index contributed by atoms with van der Waals surface area (Å²) in [5.74, 6) is 1.12. The van der Waals surface area contributed by atoms with E-state index < -0.39 is 0 Å². The quantitative estimate of drug-likeness (QED) is 0.538. The third-order valence-electron chi connectivity index (χ3n) is 4.05. The van der Waals surface area contributed by atoms with Crippen LogP contribution in [0, 0.1) is 0 Å². The van der Waals surface area contributed by atoms with Gasteiger partial charge in [-0.1, -0.05) is 52.0 Å². The molecule has 1 aromatic heterocycles. The number of anilines is 1. The van der Waals surface area contributed by atoms with E-state index in [2.05, 4.69) is 47.8 Å². The van der Waals surface area contributed by atoms with Gasteiger partial charge in [0.2, 0.25) is 0 Å². The van der Waals surface area contributed by atoms with Crippen molar-refractivity contribution in [3.63, 3.8) is 0 Å². The predicted molar refractivity (Wildman–Crippen MR) is 93.0 cm³/mol. The van der Waals surface area contributed by atoms with E-state index in [1.165, 1.54) is 38.5 Å². The van der Waals surface area contributed by atoms with Crippen LogP contribution in [0.5, 0.6) is 0 Å². The molecule has 0 aliphatic rings. The molecule has 1 aromatic rings. The molecule has 0 N–H and O–H groups in total. The Morgan fingerprint density at radius 1 is 0.905 bits per heavy atom. The van der Waals surface area contributed by atoms with Crippen molar-refractivity contribution in [2.24, 2.45) is 0 Å². The first-order valence-electron chi connectivity index (χ1n) is 8.62. The molecule has 0 fully saturated rings. The zero-order valence-corrected chi connectivity index (χ0v) is 14.2. The molecule has 120 valence electrons. The van der Waals surface area contributed by atoms with E-state index in [1.807, 2.05) is 12.3 Å². The second kappa shape index (κ2) is 11.6. The van der Waals surface area contributed by atoms with Crippen LogP contribution >= 0.6 is 0 Å². The van der Waals surface area contributed by atoms with Crippen LogP contribution in [0.1, 0.15) is 52.4 Å². The number of nitrogens with zero attached hydrogens (tertiary/aromatic N) is 3. The number of hydrogen-bond acceptors (Lipinski definition) is 3. The van der Waals surface area contributed by atoms with Gasteiger partial charge in [0.05, 0.1) is 0 Å². The lowest BCUT2D eigenvalue weighted by molar-refractivity contribution is 0.357. The zero-order valence-electron chi connectivity index (χ0n) is 14.2. The van der Waals surface area contributed by atoms with E-state index in [4.69, 9.17) is 0 Å². The van der Waals surface area contributed by atoms with Gasteiger partial charge in [-0.15, -0.1) is 0 Å². The van der Waals surface area contributed by atoms with Gasteiger partial charge in [-0.25, -0.2) is 4.98 Å². The van der Waals surface area contributed by atoms with E-state index in [0.29, 0.717) is 0 Å². The van der Waals surface area contributed by atoms with Crippen LogP contribution < -0.4 is 4.90 Å². The van der Waals surface area contributed by atoms with Gasteiger partial charge in [0.1, 0.15) is 5.82 Å². The molecular weight excluding hydrogens is 258 g/mol. The first kappa shape index (κ1) is 18.0. The fraction of sp³-hybridized carbons (Fsp3) is 0.722. The van der Waals surface area contributed by atoms with Crippen molar-refractivity contribution in [2.75, 3.05) is 38.1 Å². The highest BCUT2D eigenvalue weighted by Crippen LogP contribution is 2.12. The average molecular weight is 291 g/mol. The van der Waals surface area contributed by atoms with Crippen molar-refractivity contribution >= 4 is 5.82 Å². The van der Waals surface area contributed by atoms with E-state index in [0.717, 1.165) is 32.0 Å². The molecule has 3 nitrogen and oxygen atoms in total. The Morgan fingerprint density at radius 3 is 2.33 bits per heavy atom.